The van der Waals surface area contributed by atoms with Crippen molar-refractivity contribution in [2.24, 2.45) is 13.0 Å². The SMILES string of the molecule is Cn1ncc(-c2nc(C(F)F)c(C3CC3)s2)c1C(=O)CC1CCn2nc(-c3ccccc3)nc2C1. The highest BCUT2D eigenvalue weighted by Gasteiger charge is 2.34. The smallest absolute Gasteiger partial charge is 0.281 e. The summed E-state index contributed by atoms with van der Waals surface area (Å²) in [6, 6.07) is 9.85. The fourth-order valence-electron chi connectivity index (χ4n) is 4.79. The van der Waals surface area contributed by atoms with Crippen molar-refractivity contribution >= 4 is 17.1 Å². The summed E-state index contributed by atoms with van der Waals surface area (Å²) in [6.45, 7) is 0.709. The highest BCUT2D eigenvalue weighted by molar-refractivity contribution is 7.15. The van der Waals surface area contributed by atoms with Crippen LogP contribution in [0.5, 0.6) is 0 Å². The molecule has 0 bridgehead atoms. The minimum Gasteiger partial charge on any atom is -0.292 e. The number of nitrogens with zero attached hydrogens (tertiary/aromatic N) is 6. The van der Waals surface area contributed by atoms with E-state index in [-0.39, 0.29) is 23.3 Å². The average molecular weight is 495 g/mol. The number of aryl methyl sites for hydroxylation is 2. The first-order valence-corrected chi connectivity index (χ1v) is 12.6. The molecule has 4 heterocycles. The zero-order valence-corrected chi connectivity index (χ0v) is 20.0. The van der Waals surface area contributed by atoms with E-state index < -0.39 is 6.43 Å². The van der Waals surface area contributed by atoms with Gasteiger partial charge in [0.05, 0.1) is 11.8 Å². The molecule has 0 spiro atoms. The molecule has 0 N–H and O–H groups in total. The summed E-state index contributed by atoms with van der Waals surface area (Å²) in [6.07, 6.45) is 2.60. The molecule has 3 aromatic heterocycles. The molecule has 1 saturated carbocycles. The number of benzene rings is 1. The van der Waals surface area contributed by atoms with Gasteiger partial charge in [0.15, 0.2) is 11.6 Å². The molecule has 7 nitrogen and oxygen atoms in total. The van der Waals surface area contributed by atoms with Gasteiger partial charge in [-0.05, 0) is 31.1 Å². The molecule has 0 amide bonds. The molecular formula is C25H24F2N6OS. The zero-order chi connectivity index (χ0) is 24.1. The first kappa shape index (κ1) is 22.2. The van der Waals surface area contributed by atoms with Crippen LogP contribution in [0.4, 0.5) is 8.78 Å². The second-order valence-corrected chi connectivity index (χ2v) is 10.3. The van der Waals surface area contributed by atoms with Gasteiger partial charge in [-0.3, -0.25) is 9.48 Å². The number of Topliss-reactive ketones (excluding diaryl/α,β-unsaturated/α-hetero) is 1. The van der Waals surface area contributed by atoms with Gasteiger partial charge in [-0.15, -0.1) is 11.3 Å². The maximum absolute atomic E-state index is 13.6. The molecule has 1 fully saturated rings. The number of aromatic nitrogens is 6. The van der Waals surface area contributed by atoms with Crippen molar-refractivity contribution < 1.29 is 13.6 Å². The van der Waals surface area contributed by atoms with Gasteiger partial charge in [-0.2, -0.15) is 10.2 Å². The summed E-state index contributed by atoms with van der Waals surface area (Å²) in [5, 5.41) is 9.36. The van der Waals surface area contributed by atoms with Gasteiger partial charge < -0.3 is 0 Å². The summed E-state index contributed by atoms with van der Waals surface area (Å²) >= 11 is 1.28. The molecule has 180 valence electrons. The molecule has 0 saturated heterocycles. The second-order valence-electron chi connectivity index (χ2n) is 9.30. The Kier molecular flexibility index (Phi) is 5.55. The first-order chi connectivity index (χ1) is 17.0. The number of halogens is 2. The fraction of sp³-hybridized carbons (Fsp3) is 0.400. The number of carbonyl (C=O) groups excluding carboxylic acids is 1. The maximum Gasteiger partial charge on any atom is 0.281 e. The van der Waals surface area contributed by atoms with E-state index in [4.69, 9.17) is 4.98 Å². The van der Waals surface area contributed by atoms with Crippen molar-refractivity contribution in [2.75, 3.05) is 0 Å². The van der Waals surface area contributed by atoms with E-state index in [1.165, 1.54) is 16.0 Å². The van der Waals surface area contributed by atoms with Gasteiger partial charge in [0.2, 0.25) is 0 Å². The Bertz CT molecular complexity index is 1370. The molecule has 1 atom stereocenters. The Morgan fingerprint density at radius 3 is 2.71 bits per heavy atom. The number of carbonyl (C=O) groups is 1. The van der Waals surface area contributed by atoms with Gasteiger partial charge in [-0.1, -0.05) is 30.3 Å². The van der Waals surface area contributed by atoms with Crippen LogP contribution >= 0.6 is 11.3 Å². The number of thiazole rings is 1. The predicted octanol–water partition coefficient (Wildman–Crippen LogP) is 5.45. The van der Waals surface area contributed by atoms with Crippen LogP contribution in [0.2, 0.25) is 0 Å². The number of hydrogen-bond acceptors (Lipinski definition) is 6. The monoisotopic (exact) mass is 494 g/mol. The van der Waals surface area contributed by atoms with E-state index in [0.29, 0.717) is 46.4 Å². The third-order valence-electron chi connectivity index (χ3n) is 6.74. The predicted molar refractivity (Wildman–Crippen MR) is 127 cm³/mol. The molecule has 2 aliphatic rings. The van der Waals surface area contributed by atoms with Crippen molar-refractivity contribution in [3.8, 4) is 22.0 Å². The lowest BCUT2D eigenvalue weighted by atomic mass is 9.91. The molecule has 1 aromatic carbocycles. The zero-order valence-electron chi connectivity index (χ0n) is 19.2. The van der Waals surface area contributed by atoms with Crippen molar-refractivity contribution in [1.82, 2.24) is 29.5 Å². The quantitative estimate of drug-likeness (QED) is 0.319. The highest BCUT2D eigenvalue weighted by atomic mass is 32.1. The summed E-state index contributed by atoms with van der Waals surface area (Å²) in [4.78, 5) is 23.0. The highest BCUT2D eigenvalue weighted by Crippen LogP contribution is 2.48. The number of ketones is 1. The van der Waals surface area contributed by atoms with Crippen LogP contribution in [-0.2, 0) is 20.0 Å². The normalized spacial score (nSPS) is 17.7. The van der Waals surface area contributed by atoms with Crippen LogP contribution in [0, 0.1) is 5.92 Å². The lowest BCUT2D eigenvalue weighted by Gasteiger charge is -2.21. The summed E-state index contributed by atoms with van der Waals surface area (Å²) in [5.41, 5.74) is 1.80. The van der Waals surface area contributed by atoms with Crippen molar-refractivity contribution in [2.45, 2.75) is 51.0 Å². The Morgan fingerprint density at radius 1 is 1.17 bits per heavy atom. The third-order valence-corrected chi connectivity index (χ3v) is 8.01. The van der Waals surface area contributed by atoms with Crippen LogP contribution < -0.4 is 0 Å². The number of alkyl halides is 2. The van der Waals surface area contributed by atoms with E-state index in [9.17, 15) is 13.6 Å². The summed E-state index contributed by atoms with van der Waals surface area (Å²) < 4.78 is 30.7. The van der Waals surface area contributed by atoms with Gasteiger partial charge in [0.1, 0.15) is 22.2 Å². The fourth-order valence-corrected chi connectivity index (χ4v) is 6.04. The Morgan fingerprint density at radius 2 is 1.97 bits per heavy atom. The number of hydrogen-bond donors (Lipinski definition) is 0. The minimum absolute atomic E-state index is 0.0528. The molecule has 6 rings (SSSR count). The van der Waals surface area contributed by atoms with Crippen LogP contribution in [-0.4, -0.2) is 35.3 Å². The van der Waals surface area contributed by atoms with Crippen LogP contribution in [0.25, 0.3) is 22.0 Å². The molecule has 1 aliphatic heterocycles. The minimum atomic E-state index is -2.62. The van der Waals surface area contributed by atoms with Crippen molar-refractivity contribution in [3.05, 3.63) is 58.6 Å². The third kappa shape index (κ3) is 4.20. The Hall–Kier alpha value is -3.27. The van der Waals surface area contributed by atoms with Crippen LogP contribution in [0.3, 0.4) is 0 Å². The first-order valence-electron chi connectivity index (χ1n) is 11.8. The lowest BCUT2D eigenvalue weighted by molar-refractivity contribution is 0.0944. The molecule has 0 radical (unpaired) electrons. The van der Waals surface area contributed by atoms with Crippen LogP contribution in [0.15, 0.2) is 36.5 Å². The van der Waals surface area contributed by atoms with Gasteiger partial charge in [0.25, 0.3) is 6.43 Å². The van der Waals surface area contributed by atoms with E-state index >= 15 is 0 Å². The maximum atomic E-state index is 13.6. The molecule has 1 unspecified atom stereocenters. The Labute approximate surface area is 204 Å². The topological polar surface area (TPSA) is 78.5 Å². The van der Waals surface area contributed by atoms with Gasteiger partial charge in [0, 0.05) is 36.9 Å². The molecule has 1 aliphatic carbocycles. The Balaban J connectivity index is 1.22. The molecular weight excluding hydrogens is 470 g/mol. The number of fused-ring (bicyclic) bond motifs is 1. The van der Waals surface area contributed by atoms with Gasteiger partial charge in [-0.25, -0.2) is 23.4 Å². The van der Waals surface area contributed by atoms with Gasteiger partial charge >= 0.3 is 0 Å². The van der Waals surface area contributed by atoms with Crippen LogP contribution in [0.1, 0.15) is 64.9 Å². The van der Waals surface area contributed by atoms with Crippen molar-refractivity contribution in [1.29, 1.82) is 0 Å². The summed E-state index contributed by atoms with van der Waals surface area (Å²) in [7, 11) is 1.71. The largest absolute Gasteiger partial charge is 0.292 e. The molecule has 35 heavy (non-hydrogen) atoms. The van der Waals surface area contributed by atoms with E-state index in [1.807, 2.05) is 35.0 Å². The van der Waals surface area contributed by atoms with E-state index in [1.54, 1.807) is 13.2 Å². The molecule has 4 aromatic rings. The lowest BCUT2D eigenvalue weighted by Crippen LogP contribution is -2.23. The second kappa shape index (κ2) is 8.75. The van der Waals surface area contributed by atoms with E-state index in [0.717, 1.165) is 30.7 Å². The standard InChI is InChI=1S/C25H24F2N6OS/c1-32-21(17(13-28-32)25-30-20(23(26)27)22(35-25)15-7-8-15)18(34)11-14-9-10-33-19(12-14)29-24(31-33)16-5-3-2-4-6-16/h2-6,13-15,23H,7-12H2,1H3. The number of rotatable bonds is 7. The molecule has 10 heteroatoms. The van der Waals surface area contributed by atoms with Crippen molar-refractivity contribution in [3.63, 3.8) is 0 Å². The summed E-state index contributed by atoms with van der Waals surface area (Å²) in [5.74, 6) is 1.82. The average Bonchev–Trinajstić information content (AvgIpc) is 3.27. The van der Waals surface area contributed by atoms with E-state index in [2.05, 4.69) is 15.2 Å².